The molecule has 0 bridgehead atoms. The van der Waals surface area contributed by atoms with Crippen molar-refractivity contribution in [3.8, 4) is 0 Å². The predicted molar refractivity (Wildman–Crippen MR) is 84.8 cm³/mol. The average Bonchev–Trinajstić information content (AvgIpc) is 3.27. The number of carbonyl (C=O) groups excluding carboxylic acids is 1. The summed E-state index contributed by atoms with van der Waals surface area (Å²) >= 11 is 0. The molecule has 0 unspecified atom stereocenters. The number of aryl methyl sites for hydroxylation is 2. The second-order valence-corrected chi connectivity index (χ2v) is 5.65. The molecule has 0 aliphatic heterocycles. The molecule has 1 aliphatic carbocycles. The Kier molecular flexibility index (Phi) is 3.60. The first-order valence-corrected chi connectivity index (χ1v) is 7.22. The molecule has 1 amide bonds. The van der Waals surface area contributed by atoms with E-state index in [9.17, 15) is 4.79 Å². The summed E-state index contributed by atoms with van der Waals surface area (Å²) in [5.74, 6) is -0.129. The average molecular weight is 281 g/mol. The van der Waals surface area contributed by atoms with Gasteiger partial charge in [0.25, 0.3) is 5.91 Å². The van der Waals surface area contributed by atoms with Gasteiger partial charge >= 0.3 is 0 Å². The van der Waals surface area contributed by atoms with Crippen molar-refractivity contribution < 1.29 is 4.79 Å². The van der Waals surface area contributed by atoms with E-state index in [0.29, 0.717) is 11.6 Å². The summed E-state index contributed by atoms with van der Waals surface area (Å²) in [6.07, 6.45) is 5.74. The molecule has 0 radical (unpaired) electrons. The van der Waals surface area contributed by atoms with Crippen molar-refractivity contribution in [1.29, 1.82) is 0 Å². The van der Waals surface area contributed by atoms with Gasteiger partial charge in [-0.1, -0.05) is 12.1 Å². The minimum atomic E-state index is -0.129. The van der Waals surface area contributed by atoms with Crippen molar-refractivity contribution in [1.82, 2.24) is 4.98 Å². The minimum absolute atomic E-state index is 0.129. The van der Waals surface area contributed by atoms with Gasteiger partial charge in [0, 0.05) is 24.1 Å². The van der Waals surface area contributed by atoms with Gasteiger partial charge in [0.1, 0.15) is 0 Å². The Morgan fingerprint density at radius 1 is 1.19 bits per heavy atom. The van der Waals surface area contributed by atoms with Gasteiger partial charge in [-0.2, -0.15) is 0 Å². The summed E-state index contributed by atoms with van der Waals surface area (Å²) in [7, 11) is 0. The topological polar surface area (TPSA) is 54.0 Å². The monoisotopic (exact) mass is 281 g/mol. The highest BCUT2D eigenvalue weighted by Gasteiger charge is 2.21. The van der Waals surface area contributed by atoms with Crippen LogP contribution in [0.1, 0.15) is 34.3 Å². The number of carbonyl (C=O) groups is 1. The molecule has 21 heavy (non-hydrogen) atoms. The van der Waals surface area contributed by atoms with Crippen LogP contribution in [0, 0.1) is 13.8 Å². The number of aromatic nitrogens is 1. The van der Waals surface area contributed by atoms with Crippen molar-refractivity contribution in [3.05, 3.63) is 53.3 Å². The molecule has 1 aliphatic rings. The van der Waals surface area contributed by atoms with Crippen LogP contribution in [0.25, 0.3) is 0 Å². The zero-order valence-corrected chi connectivity index (χ0v) is 12.3. The predicted octanol–water partition coefficient (Wildman–Crippen LogP) is 3.53. The van der Waals surface area contributed by atoms with Gasteiger partial charge in [-0.05, 0) is 49.9 Å². The lowest BCUT2D eigenvalue weighted by Gasteiger charge is -2.10. The van der Waals surface area contributed by atoms with E-state index in [-0.39, 0.29) is 5.91 Å². The molecule has 108 valence electrons. The number of amides is 1. The molecule has 1 saturated carbocycles. The normalized spacial score (nSPS) is 13.8. The summed E-state index contributed by atoms with van der Waals surface area (Å²) in [5.41, 5.74) is 4.50. The summed E-state index contributed by atoms with van der Waals surface area (Å²) in [6.45, 7) is 4.00. The first kappa shape index (κ1) is 13.6. The van der Waals surface area contributed by atoms with E-state index < -0.39 is 0 Å². The Morgan fingerprint density at radius 2 is 2.00 bits per heavy atom. The lowest BCUT2D eigenvalue weighted by molar-refractivity contribution is 0.102. The summed E-state index contributed by atoms with van der Waals surface area (Å²) in [4.78, 5) is 16.5. The molecule has 1 aromatic heterocycles. The summed E-state index contributed by atoms with van der Waals surface area (Å²) < 4.78 is 0. The number of rotatable bonds is 4. The van der Waals surface area contributed by atoms with E-state index in [1.165, 1.54) is 12.8 Å². The van der Waals surface area contributed by atoms with Gasteiger partial charge in [0.2, 0.25) is 0 Å². The van der Waals surface area contributed by atoms with Crippen LogP contribution >= 0.6 is 0 Å². The van der Waals surface area contributed by atoms with Gasteiger partial charge < -0.3 is 10.6 Å². The van der Waals surface area contributed by atoms with E-state index in [1.54, 1.807) is 12.4 Å². The number of hydrogen-bond donors (Lipinski definition) is 2. The Hall–Kier alpha value is -2.36. The van der Waals surface area contributed by atoms with Gasteiger partial charge in [-0.25, -0.2) is 0 Å². The van der Waals surface area contributed by atoms with Crippen molar-refractivity contribution in [2.24, 2.45) is 0 Å². The number of nitrogens with zero attached hydrogens (tertiary/aromatic N) is 1. The Labute approximate surface area is 124 Å². The summed E-state index contributed by atoms with van der Waals surface area (Å²) in [5, 5.41) is 6.31. The van der Waals surface area contributed by atoms with Crippen molar-refractivity contribution in [2.45, 2.75) is 32.7 Å². The molecule has 4 heteroatoms. The number of anilines is 2. The minimum Gasteiger partial charge on any atom is -0.381 e. The third-order valence-electron chi connectivity index (χ3n) is 3.59. The molecule has 2 aromatic rings. The van der Waals surface area contributed by atoms with E-state index in [2.05, 4.69) is 15.6 Å². The fourth-order valence-electron chi connectivity index (χ4n) is 2.17. The van der Waals surface area contributed by atoms with Crippen LogP contribution < -0.4 is 10.6 Å². The van der Waals surface area contributed by atoms with E-state index in [4.69, 9.17) is 0 Å². The third-order valence-corrected chi connectivity index (χ3v) is 3.59. The standard InChI is InChI=1S/C17H19N3O/c1-11-3-4-12(2)16(7-11)20-17(21)13-8-15(10-18-9-13)19-14-5-6-14/h3-4,7-10,14,19H,5-6H2,1-2H3,(H,20,21). The number of hydrogen-bond acceptors (Lipinski definition) is 3. The van der Waals surface area contributed by atoms with Crippen molar-refractivity contribution in [2.75, 3.05) is 10.6 Å². The second kappa shape index (κ2) is 5.56. The molecule has 0 spiro atoms. The molecule has 1 fully saturated rings. The van der Waals surface area contributed by atoms with Crippen molar-refractivity contribution >= 4 is 17.3 Å². The molecule has 3 rings (SSSR count). The molecule has 1 aromatic carbocycles. The molecule has 1 heterocycles. The van der Waals surface area contributed by atoms with E-state index >= 15 is 0 Å². The van der Waals surface area contributed by atoms with Gasteiger partial charge in [-0.3, -0.25) is 9.78 Å². The molecule has 0 atom stereocenters. The fraction of sp³-hybridized carbons (Fsp3) is 0.294. The number of pyridine rings is 1. The summed E-state index contributed by atoms with van der Waals surface area (Å²) in [6, 6.07) is 8.42. The fourth-order valence-corrected chi connectivity index (χ4v) is 2.17. The maximum atomic E-state index is 12.4. The van der Waals surface area contributed by atoms with Crippen LogP contribution in [0.5, 0.6) is 0 Å². The highest BCUT2D eigenvalue weighted by molar-refractivity contribution is 6.05. The lowest BCUT2D eigenvalue weighted by Crippen LogP contribution is -2.14. The number of benzene rings is 1. The van der Waals surface area contributed by atoms with E-state index in [0.717, 1.165) is 22.5 Å². The van der Waals surface area contributed by atoms with Crippen LogP contribution in [-0.4, -0.2) is 16.9 Å². The Balaban J connectivity index is 1.76. The Bertz CT molecular complexity index is 677. The smallest absolute Gasteiger partial charge is 0.257 e. The van der Waals surface area contributed by atoms with Gasteiger partial charge in [0.15, 0.2) is 0 Å². The SMILES string of the molecule is Cc1ccc(C)c(NC(=O)c2cncc(NC3CC3)c2)c1. The molecule has 0 saturated heterocycles. The molecule has 4 nitrogen and oxygen atoms in total. The quantitative estimate of drug-likeness (QED) is 0.901. The van der Waals surface area contributed by atoms with Crippen LogP contribution in [0.4, 0.5) is 11.4 Å². The van der Waals surface area contributed by atoms with Crippen LogP contribution in [0.2, 0.25) is 0 Å². The van der Waals surface area contributed by atoms with Crippen LogP contribution in [0.3, 0.4) is 0 Å². The van der Waals surface area contributed by atoms with Gasteiger partial charge in [0.05, 0.1) is 11.3 Å². The first-order chi connectivity index (χ1) is 10.1. The second-order valence-electron chi connectivity index (χ2n) is 5.65. The Morgan fingerprint density at radius 3 is 2.76 bits per heavy atom. The largest absolute Gasteiger partial charge is 0.381 e. The van der Waals surface area contributed by atoms with Crippen LogP contribution in [-0.2, 0) is 0 Å². The first-order valence-electron chi connectivity index (χ1n) is 7.22. The zero-order valence-electron chi connectivity index (χ0n) is 12.3. The lowest BCUT2D eigenvalue weighted by atomic mass is 10.1. The van der Waals surface area contributed by atoms with Crippen LogP contribution in [0.15, 0.2) is 36.7 Å². The highest BCUT2D eigenvalue weighted by Crippen LogP contribution is 2.25. The maximum Gasteiger partial charge on any atom is 0.257 e. The highest BCUT2D eigenvalue weighted by atomic mass is 16.1. The molecule has 2 N–H and O–H groups in total. The third kappa shape index (κ3) is 3.40. The number of nitrogens with one attached hydrogen (secondary N) is 2. The van der Waals surface area contributed by atoms with Gasteiger partial charge in [-0.15, -0.1) is 0 Å². The molecular formula is C17H19N3O. The molecular weight excluding hydrogens is 262 g/mol. The van der Waals surface area contributed by atoms with E-state index in [1.807, 2.05) is 38.1 Å². The maximum absolute atomic E-state index is 12.4. The van der Waals surface area contributed by atoms with Crippen molar-refractivity contribution in [3.63, 3.8) is 0 Å². The zero-order chi connectivity index (χ0) is 14.8.